The van der Waals surface area contributed by atoms with Gasteiger partial charge in [0.2, 0.25) is 0 Å². The van der Waals surface area contributed by atoms with Gasteiger partial charge in [-0.3, -0.25) is 9.69 Å². The molecule has 1 unspecified atom stereocenters. The molecule has 0 aliphatic carbocycles. The predicted octanol–water partition coefficient (Wildman–Crippen LogP) is 2.10. The summed E-state index contributed by atoms with van der Waals surface area (Å²) in [6.07, 6.45) is 1.79. The molecule has 3 nitrogen and oxygen atoms in total. The minimum atomic E-state index is 0.138. The number of ketones is 1. The molecule has 0 amide bonds. The fourth-order valence-electron chi connectivity index (χ4n) is 2.00. The van der Waals surface area contributed by atoms with Crippen molar-refractivity contribution in [1.29, 1.82) is 0 Å². The summed E-state index contributed by atoms with van der Waals surface area (Å²) in [6.45, 7) is 10.9. The Balaban J connectivity index is 2.06. The Hall–Kier alpha value is -0.410. The molecule has 0 spiro atoms. The van der Waals surface area contributed by atoms with Crippen LogP contribution in [-0.4, -0.2) is 42.5 Å². The number of hydrogen-bond donors (Lipinski definition) is 0. The first kappa shape index (κ1) is 13.7. The van der Waals surface area contributed by atoms with Gasteiger partial charge in [0.1, 0.15) is 5.78 Å². The molecular formula is C13H25NO2. The van der Waals surface area contributed by atoms with Crippen LogP contribution in [-0.2, 0) is 9.53 Å². The zero-order chi connectivity index (χ0) is 12.1. The summed E-state index contributed by atoms with van der Waals surface area (Å²) >= 11 is 0. The zero-order valence-electron chi connectivity index (χ0n) is 11.0. The molecule has 3 heteroatoms. The molecule has 0 radical (unpaired) electrons. The first-order chi connectivity index (χ1) is 7.52. The number of nitrogens with zero attached hydrogens (tertiary/aromatic N) is 1. The highest BCUT2D eigenvalue weighted by molar-refractivity contribution is 5.80. The zero-order valence-corrected chi connectivity index (χ0v) is 11.0. The Morgan fingerprint density at radius 3 is 2.50 bits per heavy atom. The largest absolute Gasteiger partial charge is 0.379 e. The second-order valence-corrected chi connectivity index (χ2v) is 5.22. The van der Waals surface area contributed by atoms with E-state index in [4.69, 9.17) is 4.74 Å². The van der Waals surface area contributed by atoms with Gasteiger partial charge in [-0.25, -0.2) is 0 Å². The van der Waals surface area contributed by atoms with E-state index in [1.54, 1.807) is 0 Å². The van der Waals surface area contributed by atoms with Crippen LogP contribution in [0.15, 0.2) is 0 Å². The highest BCUT2D eigenvalue weighted by atomic mass is 16.5. The molecule has 94 valence electrons. The number of rotatable bonds is 7. The molecule has 0 saturated carbocycles. The van der Waals surface area contributed by atoms with E-state index in [1.807, 2.05) is 13.8 Å². The van der Waals surface area contributed by atoms with E-state index >= 15 is 0 Å². The van der Waals surface area contributed by atoms with Crippen LogP contribution in [0.2, 0.25) is 0 Å². The SMILES string of the molecule is CC(C)C(=O)CCOCC1CCN1C(C)C. The van der Waals surface area contributed by atoms with Crippen molar-refractivity contribution in [2.24, 2.45) is 5.92 Å². The van der Waals surface area contributed by atoms with Crippen LogP contribution < -0.4 is 0 Å². The van der Waals surface area contributed by atoms with E-state index in [9.17, 15) is 4.79 Å². The Labute approximate surface area is 99.1 Å². The van der Waals surface area contributed by atoms with Crippen LogP contribution in [0, 0.1) is 5.92 Å². The number of hydrogen-bond acceptors (Lipinski definition) is 3. The van der Waals surface area contributed by atoms with E-state index in [2.05, 4.69) is 18.7 Å². The third-order valence-corrected chi connectivity index (χ3v) is 3.30. The van der Waals surface area contributed by atoms with Crippen LogP contribution in [0.25, 0.3) is 0 Å². The number of likely N-dealkylation sites (tertiary alicyclic amines) is 1. The van der Waals surface area contributed by atoms with E-state index in [0.717, 1.165) is 6.61 Å². The smallest absolute Gasteiger partial charge is 0.137 e. The molecule has 1 fully saturated rings. The molecule has 1 rings (SSSR count). The van der Waals surface area contributed by atoms with E-state index in [0.29, 0.717) is 30.9 Å². The number of ether oxygens (including phenoxy) is 1. The topological polar surface area (TPSA) is 29.5 Å². The molecule has 0 N–H and O–H groups in total. The maximum Gasteiger partial charge on any atom is 0.137 e. The standard InChI is InChI=1S/C13H25NO2/c1-10(2)13(15)6-8-16-9-12-5-7-14(12)11(3)4/h10-12H,5-9H2,1-4H3. The van der Waals surface area contributed by atoms with Gasteiger partial charge in [0, 0.05) is 31.0 Å². The summed E-state index contributed by atoms with van der Waals surface area (Å²) in [4.78, 5) is 13.8. The van der Waals surface area contributed by atoms with Crippen LogP contribution in [0.3, 0.4) is 0 Å². The Kier molecular flexibility index (Phi) is 5.42. The van der Waals surface area contributed by atoms with Crippen LogP contribution >= 0.6 is 0 Å². The first-order valence-corrected chi connectivity index (χ1v) is 6.38. The lowest BCUT2D eigenvalue weighted by molar-refractivity contribution is -0.123. The molecule has 1 aliphatic heterocycles. The highest BCUT2D eigenvalue weighted by Gasteiger charge is 2.29. The normalized spacial score (nSPS) is 21.5. The van der Waals surface area contributed by atoms with Crippen molar-refractivity contribution >= 4 is 5.78 Å². The number of carbonyl (C=O) groups is 1. The minimum Gasteiger partial charge on any atom is -0.379 e. The summed E-state index contributed by atoms with van der Waals surface area (Å²) < 4.78 is 5.58. The molecule has 0 aromatic carbocycles. The molecule has 0 aromatic heterocycles. The summed E-state index contributed by atoms with van der Waals surface area (Å²) in [5.41, 5.74) is 0. The summed E-state index contributed by atoms with van der Waals surface area (Å²) in [6, 6.07) is 1.19. The average Bonchev–Trinajstić information content (AvgIpc) is 2.13. The molecule has 1 heterocycles. The van der Waals surface area contributed by atoms with Crippen molar-refractivity contribution in [3.05, 3.63) is 0 Å². The number of Topliss-reactive ketones (excluding diaryl/α,β-unsaturated/α-hetero) is 1. The Morgan fingerprint density at radius 2 is 2.06 bits per heavy atom. The molecule has 0 bridgehead atoms. The second kappa shape index (κ2) is 6.36. The van der Waals surface area contributed by atoms with E-state index in [-0.39, 0.29) is 5.92 Å². The van der Waals surface area contributed by atoms with Crippen LogP contribution in [0.4, 0.5) is 0 Å². The van der Waals surface area contributed by atoms with Crippen molar-refractivity contribution in [2.45, 2.75) is 52.6 Å². The third kappa shape index (κ3) is 3.87. The fourth-order valence-corrected chi connectivity index (χ4v) is 2.00. The van der Waals surface area contributed by atoms with Gasteiger partial charge in [0.05, 0.1) is 13.2 Å². The Morgan fingerprint density at radius 1 is 1.38 bits per heavy atom. The highest BCUT2D eigenvalue weighted by Crippen LogP contribution is 2.20. The van der Waals surface area contributed by atoms with Crippen LogP contribution in [0.5, 0.6) is 0 Å². The van der Waals surface area contributed by atoms with Crippen LogP contribution in [0.1, 0.15) is 40.5 Å². The lowest BCUT2D eigenvalue weighted by Crippen LogP contribution is -2.53. The summed E-state index contributed by atoms with van der Waals surface area (Å²) in [7, 11) is 0. The van der Waals surface area contributed by atoms with Crippen molar-refractivity contribution in [3.63, 3.8) is 0 Å². The third-order valence-electron chi connectivity index (χ3n) is 3.30. The monoisotopic (exact) mass is 227 g/mol. The molecule has 1 aliphatic rings. The maximum absolute atomic E-state index is 11.4. The van der Waals surface area contributed by atoms with E-state index < -0.39 is 0 Å². The Bertz CT molecular complexity index is 226. The molecule has 0 aromatic rings. The van der Waals surface area contributed by atoms with Crippen molar-refractivity contribution in [1.82, 2.24) is 4.90 Å². The fraction of sp³-hybridized carbons (Fsp3) is 0.923. The van der Waals surface area contributed by atoms with Gasteiger partial charge >= 0.3 is 0 Å². The van der Waals surface area contributed by atoms with E-state index in [1.165, 1.54) is 13.0 Å². The lowest BCUT2D eigenvalue weighted by Gasteiger charge is -2.43. The van der Waals surface area contributed by atoms with Gasteiger partial charge in [-0.1, -0.05) is 13.8 Å². The van der Waals surface area contributed by atoms with Gasteiger partial charge in [-0.15, -0.1) is 0 Å². The quantitative estimate of drug-likeness (QED) is 0.624. The molecular weight excluding hydrogens is 202 g/mol. The van der Waals surface area contributed by atoms with Gasteiger partial charge in [0.15, 0.2) is 0 Å². The molecule has 1 atom stereocenters. The van der Waals surface area contributed by atoms with Gasteiger partial charge in [-0.05, 0) is 20.3 Å². The number of carbonyl (C=O) groups excluding carboxylic acids is 1. The molecule has 16 heavy (non-hydrogen) atoms. The first-order valence-electron chi connectivity index (χ1n) is 6.38. The van der Waals surface area contributed by atoms with Crippen molar-refractivity contribution in [2.75, 3.05) is 19.8 Å². The predicted molar refractivity (Wildman–Crippen MR) is 65.5 cm³/mol. The summed E-state index contributed by atoms with van der Waals surface area (Å²) in [5.74, 6) is 0.439. The van der Waals surface area contributed by atoms with Gasteiger partial charge < -0.3 is 4.74 Å². The average molecular weight is 227 g/mol. The molecule has 1 saturated heterocycles. The van der Waals surface area contributed by atoms with Crippen molar-refractivity contribution in [3.8, 4) is 0 Å². The lowest BCUT2D eigenvalue weighted by atomic mass is 10.0. The van der Waals surface area contributed by atoms with Gasteiger partial charge in [-0.2, -0.15) is 0 Å². The van der Waals surface area contributed by atoms with Crippen molar-refractivity contribution < 1.29 is 9.53 Å². The summed E-state index contributed by atoms with van der Waals surface area (Å²) in [5, 5.41) is 0. The second-order valence-electron chi connectivity index (χ2n) is 5.22. The maximum atomic E-state index is 11.4. The van der Waals surface area contributed by atoms with Gasteiger partial charge in [0.25, 0.3) is 0 Å². The minimum absolute atomic E-state index is 0.138.